The molecule has 0 spiro atoms. The second-order valence-corrected chi connectivity index (χ2v) is 1.85. The van der Waals surface area contributed by atoms with Gasteiger partial charge in [-0.2, -0.15) is 0 Å². The van der Waals surface area contributed by atoms with Crippen LogP contribution < -0.4 is 0 Å². The number of hydrogen-bond acceptors (Lipinski definition) is 3. The van der Waals surface area contributed by atoms with Crippen LogP contribution in [-0.4, -0.2) is 5.97 Å². The van der Waals surface area contributed by atoms with Gasteiger partial charge in [-0.25, -0.2) is 0 Å². The molecule has 66 valence electrons. The molecule has 3 nitrogen and oxygen atoms in total. The largest absolute Gasteiger partial charge is 0.462 e. The molecule has 0 aromatic heterocycles. The number of esters is 1. The van der Waals surface area contributed by atoms with Crippen molar-refractivity contribution in [1.82, 2.24) is 0 Å². The minimum atomic E-state index is -0.318. The quantitative estimate of drug-likeness (QED) is 0.358. The van der Waals surface area contributed by atoms with Gasteiger partial charge in [0.05, 0.1) is 6.26 Å². The molecular weight excluding hydrogens is 156 g/mol. The maximum absolute atomic E-state index is 10.7. The Morgan fingerprint density at radius 3 is 2.50 bits per heavy atom. The topological polar surface area (TPSA) is 35.5 Å². The van der Waals surface area contributed by atoms with Gasteiger partial charge in [0.25, 0.3) is 0 Å². The zero-order chi connectivity index (χ0) is 9.40. The second-order valence-electron chi connectivity index (χ2n) is 1.85. The Kier molecular flexibility index (Phi) is 5.43. The van der Waals surface area contributed by atoms with Crippen LogP contribution in [0.25, 0.3) is 0 Å². The highest BCUT2D eigenvalue weighted by Crippen LogP contribution is 1.99. The Morgan fingerprint density at radius 2 is 2.08 bits per heavy atom. The van der Waals surface area contributed by atoms with Crippen molar-refractivity contribution in [1.29, 1.82) is 0 Å². The molecule has 0 bridgehead atoms. The van der Waals surface area contributed by atoms with E-state index < -0.39 is 0 Å². The maximum Gasteiger partial charge on any atom is 0.310 e. The van der Waals surface area contributed by atoms with Crippen molar-refractivity contribution in [3.63, 3.8) is 0 Å². The smallest absolute Gasteiger partial charge is 0.310 e. The minimum absolute atomic E-state index is 0.318. The van der Waals surface area contributed by atoms with Gasteiger partial charge in [-0.3, -0.25) is 4.79 Å². The van der Waals surface area contributed by atoms with Crippen LogP contribution in [0.3, 0.4) is 0 Å². The lowest BCUT2D eigenvalue weighted by Gasteiger charge is -1.99. The Labute approximate surface area is 72.0 Å². The molecule has 0 aliphatic carbocycles. The van der Waals surface area contributed by atoms with E-state index in [1.54, 1.807) is 6.92 Å². The molecule has 12 heavy (non-hydrogen) atoms. The molecule has 0 rings (SSSR count). The lowest BCUT2D eigenvalue weighted by atomic mass is 10.5. The van der Waals surface area contributed by atoms with E-state index in [-0.39, 0.29) is 5.97 Å². The van der Waals surface area contributed by atoms with E-state index in [0.29, 0.717) is 12.2 Å². The summed E-state index contributed by atoms with van der Waals surface area (Å²) in [5, 5.41) is 0. The molecule has 0 heterocycles. The number of ether oxygens (including phenoxy) is 2. The summed E-state index contributed by atoms with van der Waals surface area (Å²) in [5.74, 6) is 0.0359. The minimum Gasteiger partial charge on any atom is -0.462 e. The van der Waals surface area contributed by atoms with Crippen LogP contribution in [0.15, 0.2) is 37.5 Å². The van der Waals surface area contributed by atoms with E-state index in [9.17, 15) is 4.79 Å². The molecule has 0 unspecified atom stereocenters. The first-order valence-electron chi connectivity index (χ1n) is 3.54. The number of carbonyl (C=O) groups is 1. The van der Waals surface area contributed by atoms with Crippen molar-refractivity contribution in [2.45, 2.75) is 13.3 Å². The summed E-state index contributed by atoms with van der Waals surface area (Å²) in [6, 6.07) is 0. The molecular formula is C9H12O3. The van der Waals surface area contributed by atoms with Gasteiger partial charge in [-0.1, -0.05) is 20.1 Å². The highest BCUT2D eigenvalue weighted by atomic mass is 16.5. The zero-order valence-electron chi connectivity index (χ0n) is 7.08. The zero-order valence-corrected chi connectivity index (χ0v) is 7.08. The lowest BCUT2D eigenvalue weighted by molar-refractivity contribution is -0.137. The Morgan fingerprint density at radius 1 is 1.42 bits per heavy atom. The van der Waals surface area contributed by atoms with Crippen molar-refractivity contribution >= 4 is 5.97 Å². The van der Waals surface area contributed by atoms with Crippen LogP contribution in [0.1, 0.15) is 13.3 Å². The van der Waals surface area contributed by atoms with Gasteiger partial charge in [0.1, 0.15) is 6.26 Å². The van der Waals surface area contributed by atoms with Crippen molar-refractivity contribution in [2.24, 2.45) is 0 Å². The summed E-state index contributed by atoms with van der Waals surface area (Å²) >= 11 is 0. The Balaban J connectivity index is 4.01. The van der Waals surface area contributed by atoms with Gasteiger partial charge in [-0.15, -0.1) is 0 Å². The van der Waals surface area contributed by atoms with Gasteiger partial charge in [0, 0.05) is 6.42 Å². The van der Waals surface area contributed by atoms with Crippen LogP contribution in [0.4, 0.5) is 0 Å². The molecule has 0 aliphatic rings. The van der Waals surface area contributed by atoms with E-state index in [0.717, 1.165) is 0 Å². The number of carbonyl (C=O) groups excluding carboxylic acids is 1. The van der Waals surface area contributed by atoms with E-state index in [2.05, 4.69) is 17.9 Å². The van der Waals surface area contributed by atoms with Gasteiger partial charge in [-0.05, 0) is 6.08 Å². The molecule has 0 aromatic carbocycles. The fourth-order valence-electron chi connectivity index (χ4n) is 0.427. The summed E-state index contributed by atoms with van der Waals surface area (Å²) in [5.41, 5.74) is 0. The normalized spacial score (nSPS) is 10.2. The third-order valence-electron chi connectivity index (χ3n) is 1.02. The highest BCUT2D eigenvalue weighted by molar-refractivity contribution is 5.69. The Bertz CT molecular complexity index is 204. The van der Waals surface area contributed by atoms with Gasteiger partial charge in [0.2, 0.25) is 0 Å². The predicted molar refractivity (Wildman–Crippen MR) is 45.9 cm³/mol. The molecule has 0 fully saturated rings. The number of hydrogen-bond donors (Lipinski definition) is 0. The standard InChI is InChI=1S/C9H12O3/c1-4-8(11-6-3)7-12-9(10)5-2/h4,6-7H,1,3,5H2,2H3/b8-7-. The van der Waals surface area contributed by atoms with Gasteiger partial charge in [0.15, 0.2) is 5.76 Å². The summed E-state index contributed by atoms with van der Waals surface area (Å²) < 4.78 is 9.47. The van der Waals surface area contributed by atoms with Crippen LogP contribution >= 0.6 is 0 Å². The molecule has 3 heteroatoms. The van der Waals surface area contributed by atoms with E-state index >= 15 is 0 Å². The summed E-state index contributed by atoms with van der Waals surface area (Å²) in [7, 11) is 0. The number of allylic oxidation sites excluding steroid dienone is 1. The van der Waals surface area contributed by atoms with Crippen molar-refractivity contribution in [3.05, 3.63) is 37.5 Å². The average Bonchev–Trinajstić information content (AvgIpc) is 2.11. The highest BCUT2D eigenvalue weighted by Gasteiger charge is 1.96. The summed E-state index contributed by atoms with van der Waals surface area (Å²) in [6.07, 6.45) is 4.17. The molecule has 0 atom stereocenters. The van der Waals surface area contributed by atoms with Crippen molar-refractivity contribution in [2.75, 3.05) is 0 Å². The average molecular weight is 168 g/mol. The Hall–Kier alpha value is -1.51. The van der Waals surface area contributed by atoms with E-state index in [1.807, 2.05) is 0 Å². The van der Waals surface area contributed by atoms with Gasteiger partial charge >= 0.3 is 5.97 Å². The molecule has 0 N–H and O–H groups in total. The van der Waals surface area contributed by atoms with E-state index in [4.69, 9.17) is 4.74 Å². The van der Waals surface area contributed by atoms with E-state index in [1.165, 1.54) is 18.6 Å². The van der Waals surface area contributed by atoms with Crippen molar-refractivity contribution < 1.29 is 14.3 Å². The first-order valence-corrected chi connectivity index (χ1v) is 3.54. The first-order chi connectivity index (χ1) is 5.74. The second kappa shape index (κ2) is 6.22. The third kappa shape index (κ3) is 4.33. The molecule has 0 aliphatic heterocycles. The first kappa shape index (κ1) is 10.5. The summed E-state index contributed by atoms with van der Waals surface area (Å²) in [6.45, 7) is 8.50. The van der Waals surface area contributed by atoms with Crippen molar-refractivity contribution in [3.8, 4) is 0 Å². The molecule has 0 saturated carbocycles. The van der Waals surface area contributed by atoms with Gasteiger partial charge < -0.3 is 9.47 Å². The van der Waals surface area contributed by atoms with Crippen LogP contribution in [0.5, 0.6) is 0 Å². The maximum atomic E-state index is 10.7. The predicted octanol–water partition coefficient (Wildman–Crippen LogP) is 2.13. The SMILES string of the molecule is C=CO/C(C=C)=C\OC(=O)CC. The van der Waals surface area contributed by atoms with Crippen LogP contribution in [0, 0.1) is 0 Å². The fourth-order valence-corrected chi connectivity index (χ4v) is 0.427. The molecule has 0 radical (unpaired) electrons. The fraction of sp³-hybridized carbons (Fsp3) is 0.222. The molecule has 0 aromatic rings. The molecule has 0 amide bonds. The molecule has 0 saturated heterocycles. The third-order valence-corrected chi connectivity index (χ3v) is 1.02. The monoisotopic (exact) mass is 168 g/mol. The summed E-state index contributed by atoms with van der Waals surface area (Å²) in [4.78, 5) is 10.7. The number of rotatable bonds is 5. The van der Waals surface area contributed by atoms with Crippen LogP contribution in [-0.2, 0) is 14.3 Å². The van der Waals surface area contributed by atoms with Crippen LogP contribution in [0.2, 0.25) is 0 Å². The lowest BCUT2D eigenvalue weighted by Crippen LogP contribution is -1.97.